The summed E-state index contributed by atoms with van der Waals surface area (Å²) >= 11 is 1.34. The summed E-state index contributed by atoms with van der Waals surface area (Å²) in [5, 5.41) is 9.67. The van der Waals surface area contributed by atoms with Gasteiger partial charge in [-0.15, -0.1) is 5.10 Å². The molecule has 1 aliphatic rings. The smallest absolute Gasteiger partial charge is 0.271 e. The zero-order chi connectivity index (χ0) is 28.8. The van der Waals surface area contributed by atoms with Crippen LogP contribution in [0.15, 0.2) is 84.0 Å². The first-order valence-electron chi connectivity index (χ1n) is 13.3. The van der Waals surface area contributed by atoms with Crippen molar-refractivity contribution in [2.75, 3.05) is 26.5 Å². The number of benzene rings is 3. The summed E-state index contributed by atoms with van der Waals surface area (Å²) in [7, 11) is 3.28. The number of methoxy groups -OCH3 is 2. The molecule has 1 N–H and O–H groups in total. The second-order valence-electron chi connectivity index (χ2n) is 9.35. The van der Waals surface area contributed by atoms with Gasteiger partial charge in [-0.05, 0) is 85.3 Å². The molecule has 4 aromatic rings. The third-order valence-electron chi connectivity index (χ3n) is 6.70. The predicted octanol–water partition coefficient (Wildman–Crippen LogP) is 5.60. The molecule has 0 bridgehead atoms. The monoisotopic (exact) mass is 569 g/mol. The van der Waals surface area contributed by atoms with E-state index in [2.05, 4.69) is 17.5 Å². The Morgan fingerprint density at radius 2 is 1.59 bits per heavy atom. The summed E-state index contributed by atoms with van der Waals surface area (Å²) < 4.78 is 12.5. The maximum absolute atomic E-state index is 12.9. The maximum atomic E-state index is 12.9. The Morgan fingerprint density at radius 3 is 2.20 bits per heavy atom. The van der Waals surface area contributed by atoms with Crippen molar-refractivity contribution in [2.45, 2.75) is 19.8 Å². The van der Waals surface area contributed by atoms with Gasteiger partial charge in [0.1, 0.15) is 11.5 Å². The van der Waals surface area contributed by atoms with E-state index in [4.69, 9.17) is 14.6 Å². The summed E-state index contributed by atoms with van der Waals surface area (Å²) in [4.78, 5) is 26.7. The van der Waals surface area contributed by atoms with E-state index in [1.807, 2.05) is 71.4 Å². The zero-order valence-corrected chi connectivity index (χ0v) is 24.0. The van der Waals surface area contributed by atoms with E-state index in [9.17, 15) is 9.59 Å². The largest absolute Gasteiger partial charge is 0.497 e. The quantitative estimate of drug-likeness (QED) is 0.250. The first-order valence-corrected chi connectivity index (χ1v) is 14.3. The average molecular weight is 570 g/mol. The minimum absolute atomic E-state index is 0.0155. The molecule has 0 unspecified atom stereocenters. The molecule has 9 nitrogen and oxygen atoms in total. The molecule has 1 aromatic heterocycles. The topological polar surface area (TPSA) is 98.1 Å². The van der Waals surface area contributed by atoms with Crippen molar-refractivity contribution in [3.8, 4) is 39.7 Å². The number of unbranched alkanes of at least 4 members (excludes halogenated alkanes) is 1. The number of aromatic nitrogens is 2. The van der Waals surface area contributed by atoms with Gasteiger partial charge >= 0.3 is 0 Å². The molecule has 1 aliphatic heterocycles. The van der Waals surface area contributed by atoms with Gasteiger partial charge in [0.05, 0.1) is 37.0 Å². The number of carbonyl (C=O) groups is 2. The number of carbonyl (C=O) groups excluding carboxylic acids is 2. The minimum Gasteiger partial charge on any atom is -0.497 e. The molecule has 1 fully saturated rings. The van der Waals surface area contributed by atoms with Crippen molar-refractivity contribution < 1.29 is 19.1 Å². The van der Waals surface area contributed by atoms with Crippen molar-refractivity contribution in [2.24, 2.45) is 5.10 Å². The molecule has 41 heavy (non-hydrogen) atoms. The molecule has 0 aliphatic carbocycles. The lowest BCUT2D eigenvalue weighted by Gasteiger charge is -2.15. The first kappa shape index (κ1) is 28.0. The second-order valence-corrected chi connectivity index (χ2v) is 10.3. The molecule has 3 aromatic carbocycles. The third kappa shape index (κ3) is 6.28. The summed E-state index contributed by atoms with van der Waals surface area (Å²) in [5.41, 5.74) is 7.44. The van der Waals surface area contributed by atoms with Gasteiger partial charge in [-0.2, -0.15) is 5.10 Å². The molecule has 10 heteroatoms. The molecule has 0 radical (unpaired) electrons. The van der Waals surface area contributed by atoms with Crippen molar-refractivity contribution in [3.63, 3.8) is 0 Å². The lowest BCUT2D eigenvalue weighted by molar-refractivity contribution is -0.124. The fraction of sp³-hybridized carbons (Fsp3) is 0.226. The van der Waals surface area contributed by atoms with Gasteiger partial charge in [0.15, 0.2) is 5.17 Å². The van der Waals surface area contributed by atoms with Crippen LogP contribution in [0.3, 0.4) is 0 Å². The van der Waals surface area contributed by atoms with Crippen molar-refractivity contribution in [1.29, 1.82) is 0 Å². The molecule has 2 amide bonds. The highest BCUT2D eigenvalue weighted by Crippen LogP contribution is 2.31. The van der Waals surface area contributed by atoms with E-state index < -0.39 is 0 Å². The normalized spacial score (nSPS) is 14.0. The highest BCUT2D eigenvalue weighted by molar-refractivity contribution is 8.15. The molecule has 210 valence electrons. The van der Waals surface area contributed by atoms with Gasteiger partial charge in [-0.1, -0.05) is 25.1 Å². The molecule has 1 saturated heterocycles. The molecular weight excluding hydrogens is 538 g/mol. The van der Waals surface area contributed by atoms with E-state index in [1.165, 1.54) is 11.8 Å². The zero-order valence-electron chi connectivity index (χ0n) is 23.2. The van der Waals surface area contributed by atoms with Gasteiger partial charge in [0.2, 0.25) is 5.91 Å². The Morgan fingerprint density at radius 1 is 0.951 bits per heavy atom. The summed E-state index contributed by atoms with van der Waals surface area (Å²) in [6, 6.07) is 24.7. The highest BCUT2D eigenvalue weighted by Gasteiger charge is 2.28. The van der Waals surface area contributed by atoms with Crippen LogP contribution in [0.5, 0.6) is 11.5 Å². The highest BCUT2D eigenvalue weighted by atomic mass is 32.2. The number of hydrazone groups is 1. The van der Waals surface area contributed by atoms with Crippen LogP contribution in [0.2, 0.25) is 0 Å². The van der Waals surface area contributed by atoms with Gasteiger partial charge in [-0.3, -0.25) is 14.5 Å². The Kier molecular flexibility index (Phi) is 8.69. The van der Waals surface area contributed by atoms with Crippen LogP contribution in [0.25, 0.3) is 28.2 Å². The number of amides is 2. The van der Waals surface area contributed by atoms with Crippen LogP contribution >= 0.6 is 11.8 Å². The Labute approximate surface area is 243 Å². The van der Waals surface area contributed by atoms with Crippen LogP contribution in [-0.2, 0) is 4.79 Å². The van der Waals surface area contributed by atoms with Crippen LogP contribution in [0.1, 0.15) is 30.1 Å². The fourth-order valence-corrected chi connectivity index (χ4v) is 5.25. The van der Waals surface area contributed by atoms with E-state index in [0.717, 1.165) is 52.5 Å². The lowest BCUT2D eigenvalue weighted by Crippen LogP contribution is -2.32. The number of nitrogens with one attached hydrogen (secondary N) is 1. The van der Waals surface area contributed by atoms with E-state index in [0.29, 0.717) is 23.0 Å². The number of amidine groups is 1. The standard InChI is InChI=1S/C31H31N5O4S/c1-4-5-18-35-29(37)20-41-31(35)33-32-30(38)23-6-12-24(13-7-23)36-28(22-10-16-26(40-3)17-11-22)19-27(34-36)21-8-14-25(39-2)15-9-21/h6-17,19H,4-5,18,20H2,1-3H3,(H,32,38). The first-order chi connectivity index (χ1) is 20.0. The summed E-state index contributed by atoms with van der Waals surface area (Å²) in [6.45, 7) is 2.67. The Hall–Kier alpha value is -4.57. The maximum Gasteiger partial charge on any atom is 0.271 e. The lowest BCUT2D eigenvalue weighted by atomic mass is 10.1. The predicted molar refractivity (Wildman–Crippen MR) is 162 cm³/mol. The molecule has 0 saturated carbocycles. The minimum atomic E-state index is -0.353. The van der Waals surface area contributed by atoms with Crippen LogP contribution in [0, 0.1) is 0 Å². The summed E-state index contributed by atoms with van der Waals surface area (Å²) in [6.07, 6.45) is 1.85. The molecule has 5 rings (SSSR count). The number of rotatable bonds is 10. The molecule has 0 atom stereocenters. The number of nitrogens with zero attached hydrogens (tertiary/aromatic N) is 4. The van der Waals surface area contributed by atoms with E-state index in [1.54, 1.807) is 31.3 Å². The molecular formula is C31H31N5O4S. The van der Waals surface area contributed by atoms with Crippen LogP contribution in [-0.4, -0.2) is 58.2 Å². The number of thioether (sulfide) groups is 1. The Balaban J connectivity index is 1.41. The van der Waals surface area contributed by atoms with Crippen LogP contribution < -0.4 is 14.9 Å². The molecule has 0 spiro atoms. The molecule has 2 heterocycles. The van der Waals surface area contributed by atoms with E-state index in [-0.39, 0.29) is 11.8 Å². The van der Waals surface area contributed by atoms with Crippen LogP contribution in [0.4, 0.5) is 0 Å². The SMILES string of the molecule is CCCCN1C(=O)CSC1=NNC(=O)c1ccc(-n2nc(-c3ccc(OC)cc3)cc2-c2ccc(OC)cc2)cc1. The van der Waals surface area contributed by atoms with Gasteiger partial charge in [0, 0.05) is 23.2 Å². The van der Waals surface area contributed by atoms with Crippen molar-refractivity contribution >= 4 is 28.7 Å². The Bertz CT molecular complexity index is 1550. The van der Waals surface area contributed by atoms with Crippen molar-refractivity contribution in [3.05, 3.63) is 84.4 Å². The number of hydrogen-bond donors (Lipinski definition) is 1. The van der Waals surface area contributed by atoms with Gasteiger partial charge in [0.25, 0.3) is 5.91 Å². The van der Waals surface area contributed by atoms with E-state index >= 15 is 0 Å². The summed E-state index contributed by atoms with van der Waals surface area (Å²) in [5.74, 6) is 1.54. The van der Waals surface area contributed by atoms with Gasteiger partial charge < -0.3 is 9.47 Å². The number of ether oxygens (including phenoxy) is 2. The van der Waals surface area contributed by atoms with Gasteiger partial charge in [-0.25, -0.2) is 10.1 Å². The van der Waals surface area contributed by atoms with Crippen molar-refractivity contribution in [1.82, 2.24) is 20.1 Å². The second kappa shape index (κ2) is 12.7. The average Bonchev–Trinajstić information content (AvgIpc) is 3.62. The number of hydrogen-bond acceptors (Lipinski definition) is 7. The fourth-order valence-electron chi connectivity index (χ4n) is 4.38. The third-order valence-corrected chi connectivity index (χ3v) is 7.66.